The van der Waals surface area contributed by atoms with E-state index in [0.29, 0.717) is 28.6 Å². The third kappa shape index (κ3) is 2.73. The maximum atomic E-state index is 14.9. The van der Waals surface area contributed by atoms with Crippen LogP contribution in [0.1, 0.15) is 18.1 Å². The van der Waals surface area contributed by atoms with Gasteiger partial charge in [0.05, 0.1) is 17.5 Å². The largest absolute Gasteiger partial charge is 0.357 e. The first kappa shape index (κ1) is 18.3. The summed E-state index contributed by atoms with van der Waals surface area (Å²) in [5.74, 6) is 0.176. The highest BCUT2D eigenvalue weighted by Gasteiger charge is 2.45. The van der Waals surface area contributed by atoms with Crippen molar-refractivity contribution in [3.8, 4) is 11.5 Å². The van der Waals surface area contributed by atoms with Crippen molar-refractivity contribution in [1.29, 1.82) is 0 Å². The number of aromatic nitrogens is 5. The minimum Gasteiger partial charge on any atom is -0.357 e. The molecular formula is C21H16F2N6O. The zero-order chi connectivity index (χ0) is 20.9. The van der Waals surface area contributed by atoms with Crippen molar-refractivity contribution >= 4 is 23.1 Å². The zero-order valence-corrected chi connectivity index (χ0v) is 15.9. The minimum atomic E-state index is -1.90. The van der Waals surface area contributed by atoms with Crippen molar-refractivity contribution < 1.29 is 13.6 Å². The van der Waals surface area contributed by atoms with Crippen LogP contribution in [0.2, 0.25) is 0 Å². The molecule has 5 rings (SSSR count). The Hall–Kier alpha value is -3.75. The van der Waals surface area contributed by atoms with Gasteiger partial charge in [-0.05, 0) is 25.1 Å². The summed E-state index contributed by atoms with van der Waals surface area (Å²) in [7, 11) is 0. The Balaban J connectivity index is 1.61. The molecule has 0 bridgehead atoms. The van der Waals surface area contributed by atoms with Crippen LogP contribution in [-0.2, 0) is 17.0 Å². The number of hydrogen-bond donors (Lipinski definition) is 1. The van der Waals surface area contributed by atoms with Crippen LogP contribution in [0.5, 0.6) is 0 Å². The van der Waals surface area contributed by atoms with E-state index < -0.39 is 11.7 Å². The normalized spacial score (nSPS) is 20.2. The predicted octanol–water partition coefficient (Wildman–Crippen LogP) is 3.25. The van der Waals surface area contributed by atoms with Crippen molar-refractivity contribution in [2.75, 3.05) is 5.32 Å². The topological polar surface area (TPSA) is 85.6 Å². The first-order chi connectivity index (χ1) is 14.5. The summed E-state index contributed by atoms with van der Waals surface area (Å²) in [5.41, 5.74) is -0.221. The molecular weight excluding hydrogens is 390 g/mol. The summed E-state index contributed by atoms with van der Waals surface area (Å²) in [5, 5.41) is 8.04. The molecule has 0 saturated carbocycles. The summed E-state index contributed by atoms with van der Waals surface area (Å²) < 4.78 is 30.6. The van der Waals surface area contributed by atoms with E-state index in [4.69, 9.17) is 0 Å². The predicted molar refractivity (Wildman–Crippen MR) is 106 cm³/mol. The van der Waals surface area contributed by atoms with Gasteiger partial charge in [0.15, 0.2) is 17.1 Å². The first-order valence-corrected chi connectivity index (χ1v) is 9.32. The second-order valence-electron chi connectivity index (χ2n) is 7.26. The van der Waals surface area contributed by atoms with Crippen LogP contribution in [0, 0.1) is 5.82 Å². The van der Waals surface area contributed by atoms with Crippen molar-refractivity contribution in [3.63, 3.8) is 0 Å². The summed E-state index contributed by atoms with van der Waals surface area (Å²) in [6.07, 6.45) is 3.51. The first-order valence-electron chi connectivity index (χ1n) is 9.32. The van der Waals surface area contributed by atoms with Crippen LogP contribution in [0.3, 0.4) is 0 Å². The third-order valence-electron chi connectivity index (χ3n) is 5.32. The van der Waals surface area contributed by atoms with E-state index in [-0.39, 0.29) is 29.6 Å². The minimum absolute atomic E-state index is 0.180. The molecule has 0 amide bonds. The summed E-state index contributed by atoms with van der Waals surface area (Å²) >= 11 is 0. The van der Waals surface area contributed by atoms with Crippen molar-refractivity contribution in [2.45, 2.75) is 25.2 Å². The highest BCUT2D eigenvalue weighted by atomic mass is 19.1. The molecule has 0 radical (unpaired) electrons. The second kappa shape index (κ2) is 6.65. The van der Waals surface area contributed by atoms with Crippen LogP contribution >= 0.6 is 0 Å². The molecule has 2 atom stereocenters. The molecule has 1 N–H and O–H groups in total. The van der Waals surface area contributed by atoms with Gasteiger partial charge in [-0.15, -0.1) is 0 Å². The Labute approximate surface area is 169 Å². The Morgan fingerprint density at radius 1 is 1.23 bits per heavy atom. The average molecular weight is 406 g/mol. The molecule has 7 nitrogen and oxygen atoms in total. The number of alkyl halides is 1. The summed E-state index contributed by atoms with van der Waals surface area (Å²) in [6, 6.07) is 9.00. The number of carbonyl (C=O) groups is 1. The van der Waals surface area contributed by atoms with Crippen LogP contribution in [0.25, 0.3) is 22.6 Å². The molecule has 0 spiro atoms. The van der Waals surface area contributed by atoms with E-state index in [1.54, 1.807) is 35.1 Å². The van der Waals surface area contributed by atoms with Gasteiger partial charge in [0, 0.05) is 18.0 Å². The van der Waals surface area contributed by atoms with Crippen molar-refractivity contribution in [2.24, 2.45) is 0 Å². The summed E-state index contributed by atoms with van der Waals surface area (Å²) in [4.78, 5) is 24.3. The number of benzene rings is 1. The second-order valence-corrected chi connectivity index (χ2v) is 7.26. The lowest BCUT2D eigenvalue weighted by Gasteiger charge is -2.17. The number of carbonyl (C=O) groups excluding carboxylic acids is 1. The molecule has 0 aliphatic carbocycles. The number of rotatable bonds is 4. The van der Waals surface area contributed by atoms with Crippen LogP contribution in [0.15, 0.2) is 48.8 Å². The van der Waals surface area contributed by atoms with Gasteiger partial charge in [-0.2, -0.15) is 5.10 Å². The fraction of sp³-hybridized carbons (Fsp3) is 0.190. The number of halogens is 2. The number of nitrogens with zero attached hydrogens (tertiary/aromatic N) is 5. The van der Waals surface area contributed by atoms with Crippen LogP contribution < -0.4 is 5.32 Å². The smallest absolute Gasteiger partial charge is 0.182 e. The fourth-order valence-corrected chi connectivity index (χ4v) is 3.65. The lowest BCUT2D eigenvalue weighted by Crippen LogP contribution is -2.33. The van der Waals surface area contributed by atoms with Gasteiger partial charge in [-0.25, -0.2) is 28.4 Å². The molecule has 150 valence electrons. The molecule has 30 heavy (non-hydrogen) atoms. The molecule has 9 heteroatoms. The van der Waals surface area contributed by atoms with Gasteiger partial charge >= 0.3 is 0 Å². The standard InChI is InChI=1S/C21H16F2N6O/c1-21(23)14-9-25-19(27-18(14)26-16(21)11-30)17-13-6-4-8-24-20(13)29(28-17)10-12-5-2-3-7-15(12)22/h2-9,11,16H,10H2,1H3,(H,25,26,27). The molecule has 3 aromatic heterocycles. The monoisotopic (exact) mass is 406 g/mol. The zero-order valence-electron chi connectivity index (χ0n) is 15.9. The number of aldehydes is 1. The number of hydrogen-bond acceptors (Lipinski definition) is 6. The maximum absolute atomic E-state index is 14.9. The average Bonchev–Trinajstić information content (AvgIpc) is 3.24. The van der Waals surface area contributed by atoms with Crippen molar-refractivity contribution in [3.05, 3.63) is 65.7 Å². The maximum Gasteiger partial charge on any atom is 0.182 e. The van der Waals surface area contributed by atoms with Crippen molar-refractivity contribution in [1.82, 2.24) is 24.7 Å². The fourth-order valence-electron chi connectivity index (χ4n) is 3.65. The van der Waals surface area contributed by atoms with E-state index in [1.807, 2.05) is 6.07 Å². The van der Waals surface area contributed by atoms with E-state index in [1.165, 1.54) is 19.2 Å². The Kier molecular flexibility index (Phi) is 4.05. The number of nitrogens with one attached hydrogen (secondary N) is 1. The van der Waals surface area contributed by atoms with E-state index in [9.17, 15) is 13.6 Å². The molecule has 0 saturated heterocycles. The van der Waals surface area contributed by atoms with E-state index in [2.05, 4.69) is 25.4 Å². The van der Waals surface area contributed by atoms with Gasteiger partial charge in [-0.1, -0.05) is 18.2 Å². The van der Waals surface area contributed by atoms with Crippen LogP contribution in [0.4, 0.5) is 14.6 Å². The lowest BCUT2D eigenvalue weighted by molar-refractivity contribution is -0.110. The molecule has 1 aromatic carbocycles. The molecule has 0 fully saturated rings. The van der Waals surface area contributed by atoms with E-state index in [0.717, 1.165) is 0 Å². The lowest BCUT2D eigenvalue weighted by atomic mass is 9.97. The van der Waals surface area contributed by atoms with Gasteiger partial charge in [0.2, 0.25) is 0 Å². The number of anilines is 1. The Morgan fingerprint density at radius 3 is 2.87 bits per heavy atom. The van der Waals surface area contributed by atoms with Gasteiger partial charge in [0.1, 0.15) is 29.7 Å². The SMILES string of the molecule is CC1(F)c2cnc(-c3nn(Cc4ccccc4F)c4ncccc34)nc2NC1C=O. The highest BCUT2D eigenvalue weighted by Crippen LogP contribution is 2.41. The Morgan fingerprint density at radius 2 is 2.07 bits per heavy atom. The van der Waals surface area contributed by atoms with Gasteiger partial charge < -0.3 is 10.1 Å². The van der Waals surface area contributed by atoms with Gasteiger partial charge in [-0.3, -0.25) is 0 Å². The van der Waals surface area contributed by atoms with E-state index >= 15 is 0 Å². The third-order valence-corrected chi connectivity index (χ3v) is 5.32. The summed E-state index contributed by atoms with van der Waals surface area (Å²) in [6.45, 7) is 1.50. The Bertz CT molecular complexity index is 1290. The van der Waals surface area contributed by atoms with Gasteiger partial charge in [0.25, 0.3) is 0 Å². The molecule has 2 unspecified atom stereocenters. The molecule has 4 aromatic rings. The molecule has 1 aliphatic rings. The van der Waals surface area contributed by atoms with Crippen LogP contribution in [-0.4, -0.2) is 37.1 Å². The highest BCUT2D eigenvalue weighted by molar-refractivity contribution is 5.89. The molecule has 4 heterocycles. The molecule has 1 aliphatic heterocycles. The number of fused-ring (bicyclic) bond motifs is 2. The quantitative estimate of drug-likeness (QED) is 0.524. The number of pyridine rings is 1.